The molecule has 0 aromatic rings. The predicted molar refractivity (Wildman–Crippen MR) is 103 cm³/mol. The highest BCUT2D eigenvalue weighted by atomic mass is 16.5. The van der Waals surface area contributed by atoms with E-state index in [1.165, 1.54) is 13.5 Å². The SMILES string of the molecule is COC(=O)[C@@H](C)[C@@H]1CC[C@@H]2[C@@H]3CC[C@H](C)C[C@H]4CCC[C@@]3(O4)C(=O)C[C@]21C. The molecule has 152 valence electrons. The van der Waals surface area contributed by atoms with E-state index in [4.69, 9.17) is 9.47 Å². The molecule has 2 saturated carbocycles. The van der Waals surface area contributed by atoms with Gasteiger partial charge < -0.3 is 9.47 Å². The minimum absolute atomic E-state index is 0.0979. The summed E-state index contributed by atoms with van der Waals surface area (Å²) in [6.07, 6.45) is 9.50. The molecule has 2 aliphatic carbocycles. The summed E-state index contributed by atoms with van der Waals surface area (Å²) in [5.41, 5.74) is -0.629. The van der Waals surface area contributed by atoms with Crippen LogP contribution < -0.4 is 0 Å². The number of esters is 1. The highest BCUT2D eigenvalue weighted by Gasteiger charge is 2.65. The lowest BCUT2D eigenvalue weighted by Crippen LogP contribution is -2.62. The van der Waals surface area contributed by atoms with Gasteiger partial charge in [-0.2, -0.15) is 0 Å². The van der Waals surface area contributed by atoms with Crippen LogP contribution in [0.15, 0.2) is 0 Å². The standard InChI is InChI=1S/C23H36O4/c1-14-7-8-19-18-10-9-17(15(2)21(25)26-4)22(18,3)13-20(24)23(19)11-5-6-16(12-14)27-23/h14-19H,5-13H2,1-4H3/t14-,15-,16+,17-,18+,19-,22-,23-/m0/s1. The summed E-state index contributed by atoms with van der Waals surface area (Å²) in [6, 6.07) is 0. The smallest absolute Gasteiger partial charge is 0.308 e. The molecule has 0 N–H and O–H groups in total. The largest absolute Gasteiger partial charge is 0.469 e. The molecule has 1 spiro atoms. The predicted octanol–water partition coefficient (Wildman–Crippen LogP) is 4.54. The maximum absolute atomic E-state index is 13.6. The first-order valence-electron chi connectivity index (χ1n) is 11.1. The minimum Gasteiger partial charge on any atom is -0.469 e. The zero-order chi connectivity index (χ0) is 19.4. The monoisotopic (exact) mass is 376 g/mol. The number of methoxy groups -OCH3 is 1. The molecule has 4 nitrogen and oxygen atoms in total. The van der Waals surface area contributed by atoms with E-state index in [9.17, 15) is 9.59 Å². The van der Waals surface area contributed by atoms with Gasteiger partial charge in [-0.1, -0.05) is 27.2 Å². The van der Waals surface area contributed by atoms with Crippen LogP contribution in [0, 0.1) is 35.0 Å². The van der Waals surface area contributed by atoms with Crippen LogP contribution in [0.5, 0.6) is 0 Å². The van der Waals surface area contributed by atoms with Gasteiger partial charge in [0.2, 0.25) is 0 Å². The highest BCUT2D eigenvalue weighted by molar-refractivity contribution is 5.90. The molecule has 0 aromatic heterocycles. The van der Waals surface area contributed by atoms with Crippen LogP contribution in [-0.4, -0.2) is 30.6 Å². The molecule has 27 heavy (non-hydrogen) atoms. The Kier molecular flexibility index (Phi) is 4.93. The molecular weight excluding hydrogens is 340 g/mol. The average Bonchev–Trinajstić information content (AvgIpc) is 2.96. The number of fused-ring (bicyclic) bond motifs is 3. The van der Waals surface area contributed by atoms with E-state index < -0.39 is 5.60 Å². The van der Waals surface area contributed by atoms with Gasteiger partial charge in [-0.05, 0) is 74.0 Å². The molecule has 0 radical (unpaired) electrons. The third-order valence-corrected chi connectivity index (χ3v) is 8.84. The average molecular weight is 377 g/mol. The lowest BCUT2D eigenvalue weighted by Gasteiger charge is -2.57. The molecule has 0 unspecified atom stereocenters. The Bertz CT molecular complexity index is 615. The quantitative estimate of drug-likeness (QED) is 0.664. The van der Waals surface area contributed by atoms with Crippen LogP contribution >= 0.6 is 0 Å². The van der Waals surface area contributed by atoms with Gasteiger partial charge in [0.1, 0.15) is 5.60 Å². The van der Waals surface area contributed by atoms with E-state index in [0.29, 0.717) is 30.0 Å². The number of hydrogen-bond acceptors (Lipinski definition) is 4. The van der Waals surface area contributed by atoms with Crippen LogP contribution in [0.3, 0.4) is 0 Å². The summed E-state index contributed by atoms with van der Waals surface area (Å²) in [5.74, 6) is 1.77. The minimum atomic E-state index is -0.531. The molecule has 4 rings (SSSR count). The van der Waals surface area contributed by atoms with E-state index in [0.717, 1.165) is 44.9 Å². The molecule has 2 aliphatic heterocycles. The number of Topliss-reactive ketones (excluding diaryl/α,β-unsaturated/α-hetero) is 1. The Balaban J connectivity index is 1.69. The summed E-state index contributed by atoms with van der Waals surface area (Å²) in [4.78, 5) is 25.9. The fourth-order valence-electron chi connectivity index (χ4n) is 7.53. The lowest BCUT2D eigenvalue weighted by molar-refractivity contribution is -0.213. The number of carbonyl (C=O) groups is 2. The Morgan fingerprint density at radius 3 is 2.67 bits per heavy atom. The van der Waals surface area contributed by atoms with Crippen molar-refractivity contribution >= 4 is 11.8 Å². The van der Waals surface area contributed by atoms with Crippen LogP contribution in [0.4, 0.5) is 0 Å². The van der Waals surface area contributed by atoms with Crippen molar-refractivity contribution in [1.82, 2.24) is 0 Å². The van der Waals surface area contributed by atoms with Crippen molar-refractivity contribution < 1.29 is 19.1 Å². The Hall–Kier alpha value is -0.900. The first-order chi connectivity index (χ1) is 12.8. The normalized spacial score (nSPS) is 48.0. The fourth-order valence-corrected chi connectivity index (χ4v) is 7.53. The van der Waals surface area contributed by atoms with Gasteiger partial charge in [0, 0.05) is 6.42 Å². The third-order valence-electron chi connectivity index (χ3n) is 8.84. The molecule has 2 saturated heterocycles. The zero-order valence-electron chi connectivity index (χ0n) is 17.5. The maximum Gasteiger partial charge on any atom is 0.308 e. The Morgan fingerprint density at radius 2 is 1.93 bits per heavy atom. The first-order valence-corrected chi connectivity index (χ1v) is 11.1. The molecule has 8 atom stereocenters. The number of rotatable bonds is 2. The van der Waals surface area contributed by atoms with Gasteiger partial charge in [0.15, 0.2) is 5.78 Å². The van der Waals surface area contributed by atoms with Crippen molar-refractivity contribution in [1.29, 1.82) is 0 Å². The van der Waals surface area contributed by atoms with E-state index in [1.54, 1.807) is 0 Å². The van der Waals surface area contributed by atoms with Crippen molar-refractivity contribution in [2.75, 3.05) is 7.11 Å². The lowest BCUT2D eigenvalue weighted by atomic mass is 9.52. The number of ether oxygens (including phenoxy) is 2. The zero-order valence-corrected chi connectivity index (χ0v) is 17.5. The second-order valence-electron chi connectivity index (χ2n) is 10.3. The highest BCUT2D eigenvalue weighted by Crippen LogP contribution is 2.64. The van der Waals surface area contributed by atoms with Gasteiger partial charge >= 0.3 is 5.97 Å². The first kappa shape index (κ1) is 19.4. The van der Waals surface area contributed by atoms with Crippen LogP contribution in [0.25, 0.3) is 0 Å². The number of carbonyl (C=O) groups excluding carboxylic acids is 2. The summed E-state index contributed by atoms with van der Waals surface area (Å²) in [5, 5.41) is 0. The van der Waals surface area contributed by atoms with Crippen molar-refractivity contribution in [2.24, 2.45) is 35.0 Å². The molecule has 4 aliphatic rings. The molecule has 4 heteroatoms. The topological polar surface area (TPSA) is 52.6 Å². The number of hydrogen-bond donors (Lipinski definition) is 0. The van der Waals surface area contributed by atoms with Gasteiger partial charge in [-0.25, -0.2) is 0 Å². The van der Waals surface area contributed by atoms with E-state index in [1.807, 2.05) is 6.92 Å². The van der Waals surface area contributed by atoms with Crippen LogP contribution in [0.2, 0.25) is 0 Å². The van der Waals surface area contributed by atoms with Crippen molar-refractivity contribution in [3.63, 3.8) is 0 Å². The molecule has 4 fully saturated rings. The molecule has 2 heterocycles. The summed E-state index contributed by atoms with van der Waals surface area (Å²) >= 11 is 0. The summed E-state index contributed by atoms with van der Waals surface area (Å²) < 4.78 is 11.7. The fraction of sp³-hybridized carbons (Fsp3) is 0.913. The molecule has 0 aromatic carbocycles. The second kappa shape index (κ2) is 6.86. The number of ketones is 1. The summed E-state index contributed by atoms with van der Waals surface area (Å²) in [7, 11) is 1.47. The van der Waals surface area contributed by atoms with Gasteiger partial charge in [-0.3, -0.25) is 9.59 Å². The maximum atomic E-state index is 13.6. The van der Waals surface area contributed by atoms with Gasteiger partial charge in [0.05, 0.1) is 19.1 Å². The van der Waals surface area contributed by atoms with Gasteiger partial charge in [0.25, 0.3) is 0 Å². The van der Waals surface area contributed by atoms with Crippen LogP contribution in [-0.2, 0) is 19.1 Å². The van der Waals surface area contributed by atoms with Gasteiger partial charge in [-0.15, -0.1) is 0 Å². The van der Waals surface area contributed by atoms with Crippen LogP contribution in [0.1, 0.15) is 78.6 Å². The molecule has 0 amide bonds. The third kappa shape index (κ3) is 2.89. The molecule has 2 bridgehead atoms. The van der Waals surface area contributed by atoms with Crippen molar-refractivity contribution in [3.05, 3.63) is 0 Å². The van der Waals surface area contributed by atoms with E-state index in [2.05, 4.69) is 13.8 Å². The molecular formula is C23H36O4. The van der Waals surface area contributed by atoms with E-state index in [-0.39, 0.29) is 29.3 Å². The van der Waals surface area contributed by atoms with Crippen molar-refractivity contribution in [3.8, 4) is 0 Å². The Morgan fingerprint density at radius 1 is 1.19 bits per heavy atom. The summed E-state index contributed by atoms with van der Waals surface area (Å²) in [6.45, 7) is 6.61. The van der Waals surface area contributed by atoms with E-state index >= 15 is 0 Å². The second-order valence-corrected chi connectivity index (χ2v) is 10.3. The Labute approximate surface area is 163 Å². The van der Waals surface area contributed by atoms with Crippen molar-refractivity contribution in [2.45, 2.75) is 90.3 Å².